The summed E-state index contributed by atoms with van der Waals surface area (Å²) in [6.45, 7) is 0.535. The van der Waals surface area contributed by atoms with Crippen molar-refractivity contribution in [3.63, 3.8) is 0 Å². The van der Waals surface area contributed by atoms with Crippen LogP contribution < -0.4 is 25.8 Å². The van der Waals surface area contributed by atoms with Gasteiger partial charge in [0.15, 0.2) is 18.1 Å². The van der Waals surface area contributed by atoms with Gasteiger partial charge in [0.25, 0.3) is 11.8 Å². The minimum absolute atomic E-state index is 0.169. The molecule has 5 amide bonds. The van der Waals surface area contributed by atoms with Crippen molar-refractivity contribution in [2.24, 2.45) is 5.73 Å². The van der Waals surface area contributed by atoms with Crippen molar-refractivity contribution in [1.29, 1.82) is 0 Å². The first-order chi connectivity index (χ1) is 15.1. The highest BCUT2D eigenvalue weighted by molar-refractivity contribution is 6.10. The van der Waals surface area contributed by atoms with Gasteiger partial charge in [0, 0.05) is 11.8 Å². The fraction of sp³-hybridized carbons (Fsp3) is 0.238. The van der Waals surface area contributed by atoms with Crippen LogP contribution in [0.5, 0.6) is 11.5 Å². The lowest BCUT2D eigenvalue weighted by molar-refractivity contribution is -0.133. The van der Waals surface area contributed by atoms with E-state index < -0.39 is 48.3 Å². The van der Waals surface area contributed by atoms with E-state index in [2.05, 4.69) is 10.6 Å². The molecule has 1 fully saturated rings. The molecule has 0 spiro atoms. The van der Waals surface area contributed by atoms with Crippen molar-refractivity contribution in [3.05, 3.63) is 53.8 Å². The molecule has 1 saturated heterocycles. The van der Waals surface area contributed by atoms with E-state index in [4.69, 9.17) is 15.2 Å². The zero-order valence-electron chi connectivity index (χ0n) is 17.3. The van der Waals surface area contributed by atoms with Gasteiger partial charge in [-0.1, -0.05) is 12.1 Å². The van der Waals surface area contributed by atoms with Crippen LogP contribution in [0.25, 0.3) is 0 Å². The van der Waals surface area contributed by atoms with Crippen molar-refractivity contribution in [3.8, 4) is 11.5 Å². The average Bonchev–Trinajstić information content (AvgIpc) is 2.96. The first-order valence-corrected chi connectivity index (χ1v) is 9.43. The molecule has 1 aliphatic heterocycles. The summed E-state index contributed by atoms with van der Waals surface area (Å²) in [5.74, 6) is -1.99. The van der Waals surface area contributed by atoms with E-state index in [0.717, 1.165) is 4.90 Å². The number of hydrogen-bond acceptors (Lipinski definition) is 6. The van der Waals surface area contributed by atoms with Crippen molar-refractivity contribution >= 4 is 29.4 Å². The molecular formula is C21H21FN4O6. The number of anilines is 1. The average molecular weight is 444 g/mol. The lowest BCUT2D eigenvalue weighted by atomic mass is 9.92. The maximum absolute atomic E-state index is 13.2. The van der Waals surface area contributed by atoms with Crippen LogP contribution in [0, 0.1) is 5.82 Å². The lowest BCUT2D eigenvalue weighted by Gasteiger charge is -2.22. The second-order valence-electron chi connectivity index (χ2n) is 7.12. The first-order valence-electron chi connectivity index (χ1n) is 9.43. The van der Waals surface area contributed by atoms with Gasteiger partial charge in [-0.05, 0) is 36.8 Å². The van der Waals surface area contributed by atoms with Gasteiger partial charge < -0.3 is 25.8 Å². The molecule has 0 aliphatic carbocycles. The van der Waals surface area contributed by atoms with Gasteiger partial charge in [-0.2, -0.15) is 0 Å². The molecule has 0 saturated carbocycles. The number of urea groups is 1. The Morgan fingerprint density at radius 1 is 1.16 bits per heavy atom. The van der Waals surface area contributed by atoms with Crippen molar-refractivity contribution < 1.29 is 33.0 Å². The number of primary amides is 1. The van der Waals surface area contributed by atoms with E-state index in [0.29, 0.717) is 11.3 Å². The van der Waals surface area contributed by atoms with Gasteiger partial charge in [-0.15, -0.1) is 0 Å². The molecule has 168 valence electrons. The Morgan fingerprint density at radius 3 is 2.47 bits per heavy atom. The smallest absolute Gasteiger partial charge is 0.325 e. The molecule has 4 N–H and O–H groups in total. The number of nitrogens with zero attached hydrogens (tertiary/aromatic N) is 1. The summed E-state index contributed by atoms with van der Waals surface area (Å²) in [4.78, 5) is 49.5. The quantitative estimate of drug-likeness (QED) is 0.521. The SMILES string of the molecule is COc1ccc(NC(=O)CN2C(=O)NC(C)(c3ccc(F)cc3)C2=O)cc1OCC(N)=O. The number of amides is 5. The van der Waals surface area contributed by atoms with Crippen molar-refractivity contribution in [2.75, 3.05) is 25.6 Å². The number of nitrogens with one attached hydrogen (secondary N) is 2. The van der Waals surface area contributed by atoms with Gasteiger partial charge in [0.2, 0.25) is 5.91 Å². The van der Waals surface area contributed by atoms with Crippen LogP contribution in [0.2, 0.25) is 0 Å². The maximum Gasteiger partial charge on any atom is 0.325 e. The van der Waals surface area contributed by atoms with E-state index in [1.807, 2.05) is 0 Å². The van der Waals surface area contributed by atoms with E-state index >= 15 is 0 Å². The predicted molar refractivity (Wildman–Crippen MR) is 110 cm³/mol. The van der Waals surface area contributed by atoms with Gasteiger partial charge in [-0.3, -0.25) is 19.3 Å². The minimum atomic E-state index is -1.43. The normalized spacial score (nSPS) is 17.7. The number of carbonyl (C=O) groups is 4. The third kappa shape index (κ3) is 4.61. The second kappa shape index (κ2) is 8.92. The van der Waals surface area contributed by atoms with E-state index in [1.165, 1.54) is 56.5 Å². The molecule has 1 heterocycles. The van der Waals surface area contributed by atoms with Gasteiger partial charge in [0.05, 0.1) is 7.11 Å². The highest BCUT2D eigenvalue weighted by Gasteiger charge is 2.49. The third-order valence-corrected chi connectivity index (χ3v) is 4.82. The summed E-state index contributed by atoms with van der Waals surface area (Å²) in [5.41, 5.74) is 4.30. The van der Waals surface area contributed by atoms with E-state index in [1.54, 1.807) is 0 Å². The first kappa shape index (κ1) is 22.5. The van der Waals surface area contributed by atoms with E-state index in [-0.39, 0.29) is 11.4 Å². The minimum Gasteiger partial charge on any atom is -0.493 e. The monoisotopic (exact) mass is 444 g/mol. The largest absolute Gasteiger partial charge is 0.493 e. The molecule has 11 heteroatoms. The van der Waals surface area contributed by atoms with Crippen LogP contribution in [0.1, 0.15) is 12.5 Å². The molecule has 0 radical (unpaired) electrons. The molecule has 3 rings (SSSR count). The van der Waals surface area contributed by atoms with Crippen LogP contribution >= 0.6 is 0 Å². The molecule has 1 unspecified atom stereocenters. The van der Waals surface area contributed by atoms with Crippen molar-refractivity contribution in [2.45, 2.75) is 12.5 Å². The van der Waals surface area contributed by atoms with Crippen LogP contribution in [0.3, 0.4) is 0 Å². The summed E-state index contributed by atoms with van der Waals surface area (Å²) < 4.78 is 23.6. The fourth-order valence-electron chi connectivity index (χ4n) is 3.18. The number of halogens is 1. The molecular weight excluding hydrogens is 423 g/mol. The molecule has 2 aromatic rings. The zero-order valence-corrected chi connectivity index (χ0v) is 17.3. The Labute approximate surface area is 182 Å². The van der Waals surface area contributed by atoms with Crippen LogP contribution in [-0.4, -0.2) is 48.9 Å². The number of ether oxygens (including phenoxy) is 2. The highest BCUT2D eigenvalue weighted by Crippen LogP contribution is 2.31. The lowest BCUT2D eigenvalue weighted by Crippen LogP contribution is -2.42. The number of rotatable bonds is 8. The standard InChI is InChI=1S/C21H21FN4O6/c1-21(12-3-5-13(22)6-4-12)19(29)26(20(30)25-21)10-18(28)24-14-7-8-15(31-2)16(9-14)32-11-17(23)27/h3-9H,10-11H2,1-2H3,(H2,23,27)(H,24,28)(H,25,30). The van der Waals surface area contributed by atoms with Crippen LogP contribution in [-0.2, 0) is 19.9 Å². The van der Waals surface area contributed by atoms with Gasteiger partial charge in [-0.25, -0.2) is 9.18 Å². The number of imide groups is 1. The predicted octanol–water partition coefficient (Wildman–Crippen LogP) is 1.10. The van der Waals surface area contributed by atoms with Crippen LogP contribution in [0.15, 0.2) is 42.5 Å². The molecule has 1 atom stereocenters. The fourth-order valence-corrected chi connectivity index (χ4v) is 3.18. The Balaban J connectivity index is 1.71. The molecule has 2 aromatic carbocycles. The number of carbonyl (C=O) groups excluding carboxylic acids is 4. The Hall–Kier alpha value is -4.15. The highest BCUT2D eigenvalue weighted by atomic mass is 19.1. The molecule has 0 bridgehead atoms. The summed E-state index contributed by atoms with van der Waals surface area (Å²) in [6.07, 6.45) is 0. The van der Waals surface area contributed by atoms with Gasteiger partial charge >= 0.3 is 6.03 Å². The van der Waals surface area contributed by atoms with Crippen molar-refractivity contribution in [1.82, 2.24) is 10.2 Å². The number of hydrogen-bond donors (Lipinski definition) is 3. The number of benzene rings is 2. The second-order valence-corrected chi connectivity index (χ2v) is 7.12. The van der Waals surface area contributed by atoms with E-state index in [9.17, 15) is 23.6 Å². The Kier molecular flexibility index (Phi) is 6.28. The number of nitrogens with two attached hydrogens (primary N) is 1. The number of methoxy groups -OCH3 is 1. The Bertz CT molecular complexity index is 1070. The molecule has 0 aromatic heterocycles. The Morgan fingerprint density at radius 2 is 1.84 bits per heavy atom. The molecule has 10 nitrogen and oxygen atoms in total. The van der Waals surface area contributed by atoms with Gasteiger partial charge in [0.1, 0.15) is 17.9 Å². The summed E-state index contributed by atoms with van der Waals surface area (Å²) in [7, 11) is 1.40. The maximum atomic E-state index is 13.2. The summed E-state index contributed by atoms with van der Waals surface area (Å²) in [5, 5.41) is 5.09. The summed E-state index contributed by atoms with van der Waals surface area (Å²) in [6, 6.07) is 8.82. The van der Waals surface area contributed by atoms with Crippen LogP contribution in [0.4, 0.5) is 14.9 Å². The topological polar surface area (TPSA) is 140 Å². The third-order valence-electron chi connectivity index (χ3n) is 4.82. The molecule has 32 heavy (non-hydrogen) atoms. The molecule has 1 aliphatic rings. The summed E-state index contributed by atoms with van der Waals surface area (Å²) >= 11 is 0. The zero-order chi connectivity index (χ0) is 23.5.